The second kappa shape index (κ2) is 3.41. The van der Waals surface area contributed by atoms with Crippen molar-refractivity contribution in [2.75, 3.05) is 0 Å². The molecule has 3 N–H and O–H groups in total. The van der Waals surface area contributed by atoms with Crippen LogP contribution in [-0.2, 0) is 0 Å². The summed E-state index contributed by atoms with van der Waals surface area (Å²) in [4.78, 5) is 0. The number of phenols is 1. The van der Waals surface area contributed by atoms with Crippen LogP contribution in [0, 0.1) is 5.82 Å². The van der Waals surface area contributed by atoms with E-state index >= 15 is 0 Å². The van der Waals surface area contributed by atoms with E-state index < -0.39 is 5.82 Å². The lowest BCUT2D eigenvalue weighted by atomic mass is 10.1. The first kappa shape index (κ1) is 9.48. The number of hydrogen-bond donors (Lipinski definition) is 2. The Morgan fingerprint density at radius 3 is 2.67 bits per heavy atom. The summed E-state index contributed by atoms with van der Waals surface area (Å²) >= 11 is 3.02. The number of hydrogen-bond acceptors (Lipinski definition) is 2. The Morgan fingerprint density at radius 2 is 2.17 bits per heavy atom. The van der Waals surface area contributed by atoms with E-state index in [1.54, 1.807) is 6.92 Å². The lowest BCUT2D eigenvalue weighted by Gasteiger charge is -2.09. The van der Waals surface area contributed by atoms with E-state index in [1.807, 2.05) is 0 Å². The summed E-state index contributed by atoms with van der Waals surface area (Å²) in [7, 11) is 0. The van der Waals surface area contributed by atoms with Crippen molar-refractivity contribution in [1.82, 2.24) is 0 Å². The van der Waals surface area contributed by atoms with Gasteiger partial charge in [0.05, 0.1) is 4.47 Å². The molecule has 0 amide bonds. The maximum Gasteiger partial charge on any atom is 0.134 e. The molecule has 0 heterocycles. The van der Waals surface area contributed by atoms with Crippen molar-refractivity contribution in [2.24, 2.45) is 5.73 Å². The molecule has 0 saturated carbocycles. The van der Waals surface area contributed by atoms with Crippen LogP contribution in [0.25, 0.3) is 0 Å². The third kappa shape index (κ3) is 1.76. The van der Waals surface area contributed by atoms with Gasteiger partial charge in [-0.1, -0.05) is 0 Å². The standard InChI is InChI=1S/C8H9BrFNO/c1-4(11)6-2-5(10)3-7(9)8(6)12/h2-4,12H,11H2,1H3/t4-/m0/s1. The molecule has 1 aromatic carbocycles. The largest absolute Gasteiger partial charge is 0.506 e. The quantitative estimate of drug-likeness (QED) is 0.783. The van der Waals surface area contributed by atoms with Crippen molar-refractivity contribution in [3.8, 4) is 5.75 Å². The van der Waals surface area contributed by atoms with E-state index in [0.29, 0.717) is 10.0 Å². The third-order valence-corrected chi connectivity index (χ3v) is 2.15. The van der Waals surface area contributed by atoms with Gasteiger partial charge in [0.15, 0.2) is 0 Å². The molecule has 1 atom stereocenters. The SMILES string of the molecule is C[C@H](N)c1cc(F)cc(Br)c1O. The van der Waals surface area contributed by atoms with Crippen molar-refractivity contribution in [3.63, 3.8) is 0 Å². The van der Waals surface area contributed by atoms with Crippen molar-refractivity contribution >= 4 is 15.9 Å². The molecule has 4 heteroatoms. The number of nitrogens with two attached hydrogens (primary N) is 1. The minimum atomic E-state index is -0.410. The van der Waals surface area contributed by atoms with Gasteiger partial charge in [0, 0.05) is 11.6 Å². The highest BCUT2D eigenvalue weighted by Crippen LogP contribution is 2.31. The number of benzene rings is 1. The van der Waals surface area contributed by atoms with E-state index in [1.165, 1.54) is 12.1 Å². The minimum Gasteiger partial charge on any atom is -0.506 e. The zero-order chi connectivity index (χ0) is 9.30. The van der Waals surface area contributed by atoms with Gasteiger partial charge in [0.25, 0.3) is 0 Å². The first-order valence-electron chi connectivity index (χ1n) is 3.46. The molecular formula is C8H9BrFNO. The molecule has 1 aromatic rings. The van der Waals surface area contributed by atoms with Gasteiger partial charge >= 0.3 is 0 Å². The molecule has 0 aromatic heterocycles. The summed E-state index contributed by atoms with van der Waals surface area (Å²) in [6.07, 6.45) is 0. The average Bonchev–Trinajstić information content (AvgIpc) is 1.96. The summed E-state index contributed by atoms with van der Waals surface area (Å²) in [6, 6.07) is 2.04. The molecule has 66 valence electrons. The van der Waals surface area contributed by atoms with Crippen molar-refractivity contribution < 1.29 is 9.50 Å². The van der Waals surface area contributed by atoms with Gasteiger partial charge in [-0.15, -0.1) is 0 Å². The predicted molar refractivity (Wildman–Crippen MR) is 48.4 cm³/mol. The second-order valence-corrected chi connectivity index (χ2v) is 3.47. The Kier molecular flexibility index (Phi) is 2.69. The van der Waals surface area contributed by atoms with E-state index in [0.717, 1.165) is 0 Å². The smallest absolute Gasteiger partial charge is 0.134 e. The van der Waals surface area contributed by atoms with Crippen LogP contribution < -0.4 is 5.73 Å². The predicted octanol–water partition coefficient (Wildman–Crippen LogP) is 2.31. The molecule has 0 unspecified atom stereocenters. The second-order valence-electron chi connectivity index (χ2n) is 2.61. The maximum absolute atomic E-state index is 12.8. The fourth-order valence-electron chi connectivity index (χ4n) is 0.933. The highest BCUT2D eigenvalue weighted by molar-refractivity contribution is 9.10. The van der Waals surface area contributed by atoms with Crippen LogP contribution in [0.4, 0.5) is 4.39 Å². The van der Waals surface area contributed by atoms with Gasteiger partial charge in [-0.25, -0.2) is 4.39 Å². The molecule has 0 fully saturated rings. The number of phenolic OH excluding ortho intramolecular Hbond substituents is 1. The first-order chi connectivity index (χ1) is 5.52. The van der Waals surface area contributed by atoms with Crippen LogP contribution in [0.2, 0.25) is 0 Å². The monoisotopic (exact) mass is 233 g/mol. The summed E-state index contributed by atoms with van der Waals surface area (Å²) in [5.41, 5.74) is 5.91. The maximum atomic E-state index is 12.8. The normalized spacial score (nSPS) is 13.0. The summed E-state index contributed by atoms with van der Waals surface area (Å²) in [6.45, 7) is 1.68. The number of halogens is 2. The van der Waals surface area contributed by atoms with Crippen LogP contribution in [-0.4, -0.2) is 5.11 Å². The van der Waals surface area contributed by atoms with Gasteiger partial charge in [-0.2, -0.15) is 0 Å². The van der Waals surface area contributed by atoms with Crippen LogP contribution in [0.5, 0.6) is 5.75 Å². The van der Waals surface area contributed by atoms with E-state index in [-0.39, 0.29) is 11.8 Å². The number of aromatic hydroxyl groups is 1. The van der Waals surface area contributed by atoms with Gasteiger partial charge < -0.3 is 10.8 Å². The highest BCUT2D eigenvalue weighted by Gasteiger charge is 2.10. The molecule has 0 aliphatic heterocycles. The Hall–Kier alpha value is -0.610. The van der Waals surface area contributed by atoms with Gasteiger partial charge in [-0.3, -0.25) is 0 Å². The van der Waals surface area contributed by atoms with Gasteiger partial charge in [-0.05, 0) is 35.0 Å². The molecule has 1 rings (SSSR count). The van der Waals surface area contributed by atoms with Crippen LogP contribution in [0.15, 0.2) is 16.6 Å². The molecular weight excluding hydrogens is 225 g/mol. The topological polar surface area (TPSA) is 46.2 Å². The molecule has 0 aliphatic carbocycles. The fourth-order valence-corrected chi connectivity index (χ4v) is 1.38. The molecule has 0 spiro atoms. The Balaban J connectivity index is 3.28. The van der Waals surface area contributed by atoms with E-state index in [2.05, 4.69) is 15.9 Å². The molecule has 12 heavy (non-hydrogen) atoms. The highest BCUT2D eigenvalue weighted by atomic mass is 79.9. The van der Waals surface area contributed by atoms with Gasteiger partial charge in [0.1, 0.15) is 11.6 Å². The lowest BCUT2D eigenvalue weighted by Crippen LogP contribution is -2.05. The van der Waals surface area contributed by atoms with Gasteiger partial charge in [0.2, 0.25) is 0 Å². The minimum absolute atomic E-state index is 0.00593. The van der Waals surface area contributed by atoms with Crippen LogP contribution in [0.1, 0.15) is 18.5 Å². The van der Waals surface area contributed by atoms with E-state index in [4.69, 9.17) is 5.73 Å². The fraction of sp³-hybridized carbons (Fsp3) is 0.250. The number of rotatable bonds is 1. The zero-order valence-corrected chi connectivity index (χ0v) is 8.10. The van der Waals surface area contributed by atoms with Crippen molar-refractivity contribution in [2.45, 2.75) is 13.0 Å². The molecule has 2 nitrogen and oxygen atoms in total. The molecule has 0 bridgehead atoms. The Labute approximate surface area is 78.3 Å². The van der Waals surface area contributed by atoms with Crippen LogP contribution >= 0.6 is 15.9 Å². The Morgan fingerprint density at radius 1 is 1.58 bits per heavy atom. The zero-order valence-electron chi connectivity index (χ0n) is 6.51. The third-order valence-electron chi connectivity index (χ3n) is 1.55. The summed E-state index contributed by atoms with van der Waals surface area (Å²) in [5, 5.41) is 9.40. The summed E-state index contributed by atoms with van der Waals surface area (Å²) in [5.74, 6) is -0.404. The molecule has 0 radical (unpaired) electrons. The Bertz CT molecular complexity index is 301. The lowest BCUT2D eigenvalue weighted by molar-refractivity contribution is 0.457. The van der Waals surface area contributed by atoms with E-state index in [9.17, 15) is 9.50 Å². The van der Waals surface area contributed by atoms with Crippen molar-refractivity contribution in [3.05, 3.63) is 28.0 Å². The summed E-state index contributed by atoms with van der Waals surface area (Å²) < 4.78 is 13.1. The van der Waals surface area contributed by atoms with Crippen molar-refractivity contribution in [1.29, 1.82) is 0 Å². The molecule has 0 saturated heterocycles. The average molecular weight is 234 g/mol. The molecule has 0 aliphatic rings. The van der Waals surface area contributed by atoms with Crippen LogP contribution in [0.3, 0.4) is 0 Å². The first-order valence-corrected chi connectivity index (χ1v) is 4.25.